The molecule has 3 rings (SSSR count). The summed E-state index contributed by atoms with van der Waals surface area (Å²) >= 11 is 14.6. The molecule has 116 valence electrons. The number of halogens is 3. The summed E-state index contributed by atoms with van der Waals surface area (Å²) in [6.45, 7) is 3.00. The van der Waals surface area contributed by atoms with Crippen LogP contribution in [0.3, 0.4) is 0 Å². The number of hydrogen-bond donors (Lipinski definition) is 0. The molecule has 1 saturated heterocycles. The zero-order valence-corrected chi connectivity index (χ0v) is 16.3. The number of nitrogens with zero attached hydrogens (tertiary/aromatic N) is 2. The third-order valence-electron chi connectivity index (χ3n) is 3.62. The second kappa shape index (κ2) is 6.91. The number of thiophene rings is 1. The Labute approximate surface area is 155 Å². The summed E-state index contributed by atoms with van der Waals surface area (Å²) in [5, 5.41) is 0.758. The zero-order chi connectivity index (χ0) is 15.7. The van der Waals surface area contributed by atoms with Crippen LogP contribution in [0.25, 0.3) is 0 Å². The van der Waals surface area contributed by atoms with Gasteiger partial charge >= 0.3 is 0 Å². The lowest BCUT2D eigenvalue weighted by atomic mass is 10.2. The molecule has 1 amide bonds. The highest BCUT2D eigenvalue weighted by Crippen LogP contribution is 2.33. The first-order valence-electron chi connectivity index (χ1n) is 6.80. The molecule has 0 atom stereocenters. The van der Waals surface area contributed by atoms with Gasteiger partial charge in [-0.2, -0.15) is 0 Å². The highest BCUT2D eigenvalue weighted by atomic mass is 79.9. The Kier molecular flexibility index (Phi) is 5.12. The number of hydrogen-bond acceptors (Lipinski definition) is 3. The van der Waals surface area contributed by atoms with Crippen molar-refractivity contribution in [2.45, 2.75) is 0 Å². The number of para-hydroxylation sites is 1. The van der Waals surface area contributed by atoms with Crippen molar-refractivity contribution in [1.82, 2.24) is 4.90 Å². The van der Waals surface area contributed by atoms with Crippen LogP contribution in [-0.4, -0.2) is 37.0 Å². The van der Waals surface area contributed by atoms with Gasteiger partial charge in [-0.1, -0.05) is 23.7 Å². The van der Waals surface area contributed by atoms with Gasteiger partial charge in [-0.25, -0.2) is 0 Å². The van der Waals surface area contributed by atoms with Crippen molar-refractivity contribution in [3.8, 4) is 0 Å². The molecule has 0 N–H and O–H groups in total. The predicted octanol–water partition coefficient (Wildman–Crippen LogP) is 4.89. The number of piperazine rings is 1. The van der Waals surface area contributed by atoms with Crippen molar-refractivity contribution in [2.75, 3.05) is 31.1 Å². The number of anilines is 1. The van der Waals surface area contributed by atoms with Crippen LogP contribution in [0.5, 0.6) is 0 Å². The molecule has 22 heavy (non-hydrogen) atoms. The first-order valence-corrected chi connectivity index (χ1v) is 9.58. The maximum atomic E-state index is 12.5. The van der Waals surface area contributed by atoms with Gasteiger partial charge in [0, 0.05) is 30.7 Å². The zero-order valence-electron chi connectivity index (χ0n) is 11.6. The van der Waals surface area contributed by atoms with Gasteiger partial charge in [0.2, 0.25) is 0 Å². The largest absolute Gasteiger partial charge is 0.367 e. The van der Waals surface area contributed by atoms with Crippen LogP contribution >= 0.6 is 54.8 Å². The smallest absolute Gasteiger partial charge is 0.264 e. The molecule has 7 heteroatoms. The number of benzene rings is 1. The molecule has 0 aliphatic carbocycles. The monoisotopic (exact) mass is 462 g/mol. The highest BCUT2D eigenvalue weighted by molar-refractivity contribution is 9.13. The van der Waals surface area contributed by atoms with E-state index >= 15 is 0 Å². The van der Waals surface area contributed by atoms with E-state index in [0.717, 1.165) is 36.9 Å². The van der Waals surface area contributed by atoms with Crippen LogP contribution in [0, 0.1) is 0 Å². The lowest BCUT2D eigenvalue weighted by molar-refractivity contribution is 0.0751. The SMILES string of the molecule is O=C(c1cc(Br)c(Br)s1)N1CCN(c2ccccc2Cl)CC1. The highest BCUT2D eigenvalue weighted by Gasteiger charge is 2.24. The van der Waals surface area contributed by atoms with E-state index in [1.54, 1.807) is 0 Å². The van der Waals surface area contributed by atoms with E-state index in [-0.39, 0.29) is 5.91 Å². The summed E-state index contributed by atoms with van der Waals surface area (Å²) in [6.07, 6.45) is 0. The van der Waals surface area contributed by atoms with Crippen LogP contribution in [-0.2, 0) is 0 Å². The van der Waals surface area contributed by atoms with Gasteiger partial charge in [0.1, 0.15) is 0 Å². The van der Waals surface area contributed by atoms with E-state index in [4.69, 9.17) is 11.6 Å². The molecule has 1 fully saturated rings. The molecule has 0 unspecified atom stereocenters. The molecule has 1 aliphatic heterocycles. The minimum Gasteiger partial charge on any atom is -0.367 e. The second-order valence-corrected chi connectivity index (χ2v) is 8.59. The van der Waals surface area contributed by atoms with Crippen molar-refractivity contribution in [1.29, 1.82) is 0 Å². The van der Waals surface area contributed by atoms with Gasteiger partial charge in [-0.3, -0.25) is 4.79 Å². The molecule has 1 aromatic carbocycles. The van der Waals surface area contributed by atoms with E-state index in [9.17, 15) is 4.79 Å². The maximum absolute atomic E-state index is 12.5. The summed E-state index contributed by atoms with van der Waals surface area (Å²) in [5.74, 6) is 0.0928. The summed E-state index contributed by atoms with van der Waals surface area (Å²) in [7, 11) is 0. The van der Waals surface area contributed by atoms with Gasteiger partial charge in [0.05, 0.1) is 19.4 Å². The Morgan fingerprint density at radius 2 is 1.82 bits per heavy atom. The van der Waals surface area contributed by atoms with Crippen molar-refractivity contribution >= 4 is 66.4 Å². The molecule has 0 radical (unpaired) electrons. The number of carbonyl (C=O) groups excluding carboxylic acids is 1. The Balaban J connectivity index is 1.67. The average molecular weight is 465 g/mol. The predicted molar refractivity (Wildman–Crippen MR) is 99.3 cm³/mol. The topological polar surface area (TPSA) is 23.6 Å². The minimum atomic E-state index is 0.0928. The molecule has 1 aliphatic rings. The summed E-state index contributed by atoms with van der Waals surface area (Å²) < 4.78 is 1.88. The van der Waals surface area contributed by atoms with Crippen LogP contribution < -0.4 is 4.90 Å². The first kappa shape index (κ1) is 16.3. The lowest BCUT2D eigenvalue weighted by Crippen LogP contribution is -2.48. The third kappa shape index (κ3) is 3.35. The van der Waals surface area contributed by atoms with Gasteiger partial charge in [-0.15, -0.1) is 11.3 Å². The normalized spacial score (nSPS) is 15.2. The molecule has 1 aromatic heterocycles. The lowest BCUT2D eigenvalue weighted by Gasteiger charge is -2.36. The van der Waals surface area contributed by atoms with Crippen molar-refractivity contribution in [3.63, 3.8) is 0 Å². The van der Waals surface area contributed by atoms with E-state index in [1.807, 2.05) is 35.2 Å². The first-order chi connectivity index (χ1) is 10.6. The number of amides is 1. The van der Waals surface area contributed by atoms with E-state index in [0.29, 0.717) is 13.1 Å². The summed E-state index contributed by atoms with van der Waals surface area (Å²) in [6, 6.07) is 9.71. The minimum absolute atomic E-state index is 0.0928. The molecule has 0 saturated carbocycles. The summed E-state index contributed by atoms with van der Waals surface area (Å²) in [5.41, 5.74) is 1.04. The standard InChI is InChI=1S/C15H13Br2ClN2OS/c16-10-9-13(22-14(10)17)15(21)20-7-5-19(6-8-20)12-4-2-1-3-11(12)18/h1-4,9H,5-8H2. The van der Waals surface area contributed by atoms with Crippen molar-refractivity contribution in [2.24, 2.45) is 0 Å². The average Bonchev–Trinajstić information content (AvgIpc) is 2.87. The Morgan fingerprint density at radius 3 is 2.41 bits per heavy atom. The third-order valence-corrected chi connectivity index (χ3v) is 7.18. The maximum Gasteiger partial charge on any atom is 0.264 e. The van der Waals surface area contributed by atoms with E-state index in [2.05, 4.69) is 36.8 Å². The summed E-state index contributed by atoms with van der Waals surface area (Å²) in [4.78, 5) is 17.4. The van der Waals surface area contributed by atoms with Crippen LogP contribution in [0.1, 0.15) is 9.67 Å². The van der Waals surface area contributed by atoms with Gasteiger partial charge in [0.25, 0.3) is 5.91 Å². The van der Waals surface area contributed by atoms with Gasteiger partial charge in [-0.05, 0) is 50.1 Å². The molecule has 0 spiro atoms. The van der Waals surface area contributed by atoms with E-state index < -0.39 is 0 Å². The van der Waals surface area contributed by atoms with Crippen LogP contribution in [0.2, 0.25) is 5.02 Å². The number of carbonyl (C=O) groups is 1. The Morgan fingerprint density at radius 1 is 1.14 bits per heavy atom. The number of rotatable bonds is 2. The fourth-order valence-electron chi connectivity index (χ4n) is 2.47. The quantitative estimate of drug-likeness (QED) is 0.632. The fraction of sp³-hybridized carbons (Fsp3) is 0.267. The molecule has 0 bridgehead atoms. The molecule has 2 heterocycles. The van der Waals surface area contributed by atoms with Crippen molar-refractivity contribution in [3.05, 3.63) is 48.5 Å². The Hall–Kier alpha value is -0.560. The van der Waals surface area contributed by atoms with Crippen LogP contribution in [0.15, 0.2) is 38.6 Å². The van der Waals surface area contributed by atoms with Gasteiger partial charge in [0.15, 0.2) is 0 Å². The fourth-order valence-corrected chi connectivity index (χ4v) is 4.73. The van der Waals surface area contributed by atoms with Gasteiger partial charge < -0.3 is 9.80 Å². The van der Waals surface area contributed by atoms with Crippen LogP contribution in [0.4, 0.5) is 5.69 Å². The molecule has 2 aromatic rings. The second-order valence-electron chi connectivity index (χ2n) is 4.96. The van der Waals surface area contributed by atoms with Crippen molar-refractivity contribution < 1.29 is 4.79 Å². The molecular weight excluding hydrogens is 452 g/mol. The Bertz CT molecular complexity index is 679. The van der Waals surface area contributed by atoms with E-state index in [1.165, 1.54) is 11.3 Å². The molecule has 3 nitrogen and oxygen atoms in total. The molecular formula is C15H13Br2ClN2OS.